The van der Waals surface area contributed by atoms with Crippen molar-refractivity contribution in [3.8, 4) is 0 Å². The zero-order chi connectivity index (χ0) is 14.6. The van der Waals surface area contributed by atoms with Crippen molar-refractivity contribution >= 4 is 0 Å². The van der Waals surface area contributed by atoms with Gasteiger partial charge in [0.25, 0.3) is 0 Å². The first-order chi connectivity index (χ1) is 9.69. The van der Waals surface area contributed by atoms with E-state index in [2.05, 4.69) is 16.7 Å². The smallest absolute Gasteiger partial charge is 0.0615 e. The molecule has 0 aromatic carbocycles. The van der Waals surface area contributed by atoms with Gasteiger partial charge in [0, 0.05) is 45.9 Å². The molecule has 0 spiro atoms. The molecule has 0 radical (unpaired) electrons. The number of methoxy groups -OCH3 is 2. The van der Waals surface area contributed by atoms with Gasteiger partial charge in [-0.25, -0.2) is 0 Å². The van der Waals surface area contributed by atoms with Crippen LogP contribution in [0.5, 0.6) is 0 Å². The van der Waals surface area contributed by atoms with Crippen LogP contribution >= 0.6 is 0 Å². The molecular weight excluding hydrogens is 254 g/mol. The highest BCUT2D eigenvalue weighted by Crippen LogP contribution is 2.40. The van der Waals surface area contributed by atoms with Crippen LogP contribution in [0.2, 0.25) is 0 Å². The minimum atomic E-state index is 0.104. The number of hydrogen-bond donors (Lipinski definition) is 1. The summed E-state index contributed by atoms with van der Waals surface area (Å²) >= 11 is 0. The van der Waals surface area contributed by atoms with E-state index >= 15 is 0 Å². The molecule has 2 N–H and O–H groups in total. The molecule has 0 aromatic rings. The van der Waals surface area contributed by atoms with Gasteiger partial charge in [0.2, 0.25) is 0 Å². The molecule has 5 heteroatoms. The van der Waals surface area contributed by atoms with E-state index in [9.17, 15) is 0 Å². The molecule has 5 nitrogen and oxygen atoms in total. The summed E-state index contributed by atoms with van der Waals surface area (Å²) in [6, 6.07) is 0.989. The molecule has 0 amide bonds. The van der Waals surface area contributed by atoms with Crippen molar-refractivity contribution in [2.24, 2.45) is 5.73 Å². The highest BCUT2D eigenvalue weighted by molar-refractivity contribution is 5.10. The number of ether oxygens (including phenoxy) is 2. The van der Waals surface area contributed by atoms with Crippen LogP contribution < -0.4 is 5.73 Å². The monoisotopic (exact) mass is 285 g/mol. The van der Waals surface area contributed by atoms with Crippen molar-refractivity contribution < 1.29 is 9.47 Å². The van der Waals surface area contributed by atoms with Crippen LogP contribution in [0.1, 0.15) is 26.2 Å². The summed E-state index contributed by atoms with van der Waals surface area (Å²) in [5.74, 6) is 0. The standard InChI is InChI=1S/C15H31N3O2/c1-13(11-20-3)18(9-10-19-2)15(12-16)6-8-17-7-4-5-14(15)17/h13-14H,4-12,16H2,1-3H3. The van der Waals surface area contributed by atoms with E-state index in [4.69, 9.17) is 15.2 Å². The number of nitrogens with zero attached hydrogens (tertiary/aromatic N) is 2. The molecule has 0 saturated carbocycles. The second-order valence-corrected chi connectivity index (χ2v) is 6.24. The molecule has 0 aromatic heterocycles. The molecule has 2 aliphatic heterocycles. The van der Waals surface area contributed by atoms with Crippen molar-refractivity contribution in [1.82, 2.24) is 9.80 Å². The van der Waals surface area contributed by atoms with Crippen molar-refractivity contribution in [2.45, 2.75) is 43.8 Å². The maximum Gasteiger partial charge on any atom is 0.0615 e. The first-order valence-electron chi connectivity index (χ1n) is 7.88. The van der Waals surface area contributed by atoms with Crippen LogP contribution in [0.4, 0.5) is 0 Å². The van der Waals surface area contributed by atoms with Gasteiger partial charge in [-0.3, -0.25) is 9.80 Å². The maximum atomic E-state index is 6.28. The van der Waals surface area contributed by atoms with Gasteiger partial charge in [-0.2, -0.15) is 0 Å². The minimum absolute atomic E-state index is 0.104. The third-order valence-electron chi connectivity index (χ3n) is 5.22. The Morgan fingerprint density at radius 3 is 2.80 bits per heavy atom. The Hall–Kier alpha value is -0.200. The highest BCUT2D eigenvalue weighted by Gasteiger charge is 2.52. The van der Waals surface area contributed by atoms with Crippen LogP contribution in [-0.4, -0.2) is 81.0 Å². The summed E-state index contributed by atoms with van der Waals surface area (Å²) in [5, 5.41) is 0. The van der Waals surface area contributed by atoms with E-state index in [0.29, 0.717) is 12.1 Å². The lowest BCUT2D eigenvalue weighted by Gasteiger charge is -2.47. The van der Waals surface area contributed by atoms with Crippen LogP contribution in [-0.2, 0) is 9.47 Å². The number of fused-ring (bicyclic) bond motifs is 1. The molecule has 20 heavy (non-hydrogen) atoms. The Morgan fingerprint density at radius 1 is 1.35 bits per heavy atom. The Bertz CT molecular complexity index is 303. The Kier molecular flexibility index (Phi) is 5.81. The number of nitrogens with two attached hydrogens (primary N) is 1. The van der Waals surface area contributed by atoms with Gasteiger partial charge in [-0.1, -0.05) is 0 Å². The summed E-state index contributed by atoms with van der Waals surface area (Å²) in [5.41, 5.74) is 6.39. The molecule has 3 unspecified atom stereocenters. The lowest BCUT2D eigenvalue weighted by Crippen LogP contribution is -2.63. The highest BCUT2D eigenvalue weighted by atomic mass is 16.5. The molecular formula is C15H31N3O2. The lowest BCUT2D eigenvalue weighted by atomic mass is 9.85. The second kappa shape index (κ2) is 7.18. The third kappa shape index (κ3) is 2.88. The molecule has 118 valence electrons. The predicted octanol–water partition coefficient (Wildman–Crippen LogP) is 0.535. The second-order valence-electron chi connectivity index (χ2n) is 6.24. The molecule has 2 aliphatic rings. The number of hydrogen-bond acceptors (Lipinski definition) is 5. The predicted molar refractivity (Wildman–Crippen MR) is 80.9 cm³/mol. The summed E-state index contributed by atoms with van der Waals surface area (Å²) in [7, 11) is 3.54. The third-order valence-corrected chi connectivity index (χ3v) is 5.22. The van der Waals surface area contributed by atoms with Gasteiger partial charge in [0.1, 0.15) is 0 Å². The van der Waals surface area contributed by atoms with Gasteiger partial charge >= 0.3 is 0 Å². The van der Waals surface area contributed by atoms with Crippen molar-refractivity contribution in [3.63, 3.8) is 0 Å². The topological polar surface area (TPSA) is 51.0 Å². The first kappa shape index (κ1) is 16.2. The number of rotatable bonds is 8. The molecule has 2 saturated heterocycles. The van der Waals surface area contributed by atoms with E-state index in [-0.39, 0.29) is 5.54 Å². The van der Waals surface area contributed by atoms with Crippen LogP contribution in [0.15, 0.2) is 0 Å². The summed E-state index contributed by atoms with van der Waals surface area (Å²) in [6.07, 6.45) is 3.76. The van der Waals surface area contributed by atoms with Crippen molar-refractivity contribution in [2.75, 3.05) is 53.6 Å². The molecule has 2 rings (SSSR count). The van der Waals surface area contributed by atoms with Gasteiger partial charge in [0.05, 0.1) is 18.8 Å². The average Bonchev–Trinajstić information content (AvgIpc) is 3.03. The summed E-state index contributed by atoms with van der Waals surface area (Å²) in [6.45, 7) is 7.83. The zero-order valence-electron chi connectivity index (χ0n) is 13.3. The van der Waals surface area contributed by atoms with Gasteiger partial charge < -0.3 is 15.2 Å². The van der Waals surface area contributed by atoms with E-state index in [1.165, 1.54) is 32.4 Å². The Labute approximate surface area is 123 Å². The molecule has 0 bridgehead atoms. The van der Waals surface area contributed by atoms with Gasteiger partial charge in [-0.15, -0.1) is 0 Å². The van der Waals surface area contributed by atoms with E-state index in [0.717, 1.165) is 26.3 Å². The summed E-state index contributed by atoms with van der Waals surface area (Å²) in [4.78, 5) is 5.20. The van der Waals surface area contributed by atoms with Crippen molar-refractivity contribution in [1.29, 1.82) is 0 Å². The molecule has 3 atom stereocenters. The van der Waals surface area contributed by atoms with Gasteiger partial charge in [0.15, 0.2) is 0 Å². The Morgan fingerprint density at radius 2 is 2.15 bits per heavy atom. The zero-order valence-corrected chi connectivity index (χ0v) is 13.3. The Balaban J connectivity index is 2.18. The van der Waals surface area contributed by atoms with Crippen LogP contribution in [0.25, 0.3) is 0 Å². The maximum absolute atomic E-state index is 6.28. The average molecular weight is 285 g/mol. The quantitative estimate of drug-likeness (QED) is 0.705. The van der Waals surface area contributed by atoms with E-state index in [1.807, 2.05) is 0 Å². The van der Waals surface area contributed by atoms with E-state index < -0.39 is 0 Å². The van der Waals surface area contributed by atoms with Crippen LogP contribution in [0, 0.1) is 0 Å². The van der Waals surface area contributed by atoms with Crippen LogP contribution in [0.3, 0.4) is 0 Å². The lowest BCUT2D eigenvalue weighted by molar-refractivity contribution is -0.0134. The normalized spacial score (nSPS) is 31.9. The fraction of sp³-hybridized carbons (Fsp3) is 1.00. The van der Waals surface area contributed by atoms with E-state index in [1.54, 1.807) is 14.2 Å². The SMILES string of the molecule is COCCN(C(C)COC)C1(CN)CCN2CCCC21. The molecule has 2 heterocycles. The minimum Gasteiger partial charge on any atom is -0.383 e. The fourth-order valence-corrected chi connectivity index (χ4v) is 4.30. The van der Waals surface area contributed by atoms with Gasteiger partial charge in [-0.05, 0) is 32.7 Å². The molecule has 2 fully saturated rings. The fourth-order valence-electron chi connectivity index (χ4n) is 4.30. The largest absolute Gasteiger partial charge is 0.383 e. The first-order valence-corrected chi connectivity index (χ1v) is 7.88. The summed E-state index contributed by atoms with van der Waals surface area (Å²) < 4.78 is 10.7. The molecule has 0 aliphatic carbocycles. The van der Waals surface area contributed by atoms with Crippen molar-refractivity contribution in [3.05, 3.63) is 0 Å².